The van der Waals surface area contributed by atoms with E-state index in [0.29, 0.717) is 0 Å². The number of rotatable bonds is 1. The summed E-state index contributed by atoms with van der Waals surface area (Å²) in [6.45, 7) is 0. The summed E-state index contributed by atoms with van der Waals surface area (Å²) >= 11 is 0. The van der Waals surface area contributed by atoms with Crippen LogP contribution in [0.25, 0.3) is 12.2 Å². The molecule has 0 atom stereocenters. The van der Waals surface area contributed by atoms with E-state index in [4.69, 9.17) is 0 Å². The second-order valence-corrected chi connectivity index (χ2v) is 3.58. The first kappa shape index (κ1) is 8.91. The Morgan fingerprint density at radius 2 is 2.12 bits per heavy atom. The van der Waals surface area contributed by atoms with Crippen LogP contribution in [0.15, 0.2) is 45.9 Å². The van der Waals surface area contributed by atoms with Gasteiger partial charge in [-0.3, -0.25) is 0 Å². The van der Waals surface area contributed by atoms with E-state index in [1.165, 1.54) is 0 Å². The lowest BCUT2D eigenvalue weighted by Crippen LogP contribution is -2.19. The molecule has 1 aliphatic heterocycles. The van der Waals surface area contributed by atoms with Gasteiger partial charge >= 0.3 is 5.69 Å². The second kappa shape index (κ2) is 3.34. The fourth-order valence-electron chi connectivity index (χ4n) is 1.70. The number of aromatic amines is 2. The van der Waals surface area contributed by atoms with Crippen molar-refractivity contribution in [2.45, 2.75) is 0 Å². The predicted molar refractivity (Wildman–Crippen MR) is 61.1 cm³/mol. The summed E-state index contributed by atoms with van der Waals surface area (Å²) in [5.41, 5.74) is 1.37. The SMILES string of the molecule is O=c1[nH]cc(C=C2C=c3ccccc3=N2)[nH]1. The molecule has 3 rings (SSSR count). The third kappa shape index (κ3) is 1.50. The zero-order valence-corrected chi connectivity index (χ0v) is 8.40. The Balaban J connectivity index is 2.10. The average Bonchev–Trinajstić information content (AvgIpc) is 2.84. The number of fused-ring (bicyclic) bond motifs is 1. The molecular weight excluding hydrogens is 202 g/mol. The Kier molecular flexibility index (Phi) is 1.86. The lowest BCUT2D eigenvalue weighted by atomic mass is 10.3. The standard InChI is InChI=1S/C12H9N3O/c16-12-13-7-10(15-12)6-9-5-8-3-1-2-4-11(8)14-9/h1-7H,(H2,13,15,16). The number of hydrogen-bond donors (Lipinski definition) is 2. The van der Waals surface area contributed by atoms with Gasteiger partial charge in [-0.1, -0.05) is 18.2 Å². The molecule has 2 aromatic rings. The minimum atomic E-state index is -0.206. The molecule has 1 aromatic heterocycles. The van der Waals surface area contributed by atoms with Crippen LogP contribution in [-0.4, -0.2) is 9.97 Å². The van der Waals surface area contributed by atoms with Crippen molar-refractivity contribution in [2.75, 3.05) is 0 Å². The van der Waals surface area contributed by atoms with Crippen LogP contribution in [0, 0.1) is 0 Å². The topological polar surface area (TPSA) is 61.0 Å². The molecule has 0 spiro atoms. The van der Waals surface area contributed by atoms with Crippen molar-refractivity contribution in [3.05, 3.63) is 62.9 Å². The molecule has 0 unspecified atom stereocenters. The van der Waals surface area contributed by atoms with Gasteiger partial charge in [0.25, 0.3) is 0 Å². The Morgan fingerprint density at radius 3 is 2.88 bits per heavy atom. The summed E-state index contributed by atoms with van der Waals surface area (Å²) in [4.78, 5) is 20.5. The van der Waals surface area contributed by atoms with E-state index >= 15 is 0 Å². The Bertz CT molecular complexity index is 697. The van der Waals surface area contributed by atoms with E-state index in [1.54, 1.807) is 6.20 Å². The normalized spacial score (nSPS) is 15.6. The van der Waals surface area contributed by atoms with Gasteiger partial charge < -0.3 is 9.97 Å². The highest BCUT2D eigenvalue weighted by molar-refractivity contribution is 5.63. The van der Waals surface area contributed by atoms with Crippen molar-refractivity contribution in [2.24, 2.45) is 4.99 Å². The van der Waals surface area contributed by atoms with Crippen LogP contribution in [0.5, 0.6) is 0 Å². The molecule has 0 fully saturated rings. The van der Waals surface area contributed by atoms with Crippen molar-refractivity contribution in [3.8, 4) is 0 Å². The lowest BCUT2D eigenvalue weighted by molar-refractivity contribution is 1.18. The van der Waals surface area contributed by atoms with Gasteiger partial charge in [0.15, 0.2) is 0 Å². The zero-order valence-electron chi connectivity index (χ0n) is 8.40. The lowest BCUT2D eigenvalue weighted by Gasteiger charge is -1.86. The molecule has 78 valence electrons. The van der Waals surface area contributed by atoms with Crippen molar-refractivity contribution in [1.82, 2.24) is 9.97 Å². The molecule has 0 radical (unpaired) electrons. The minimum absolute atomic E-state index is 0.206. The summed E-state index contributed by atoms with van der Waals surface area (Å²) < 4.78 is 0. The quantitative estimate of drug-likeness (QED) is 0.693. The van der Waals surface area contributed by atoms with E-state index in [9.17, 15) is 4.79 Å². The summed E-state index contributed by atoms with van der Waals surface area (Å²) in [6.07, 6.45) is 5.44. The van der Waals surface area contributed by atoms with Gasteiger partial charge in [0.05, 0.1) is 16.7 Å². The van der Waals surface area contributed by atoms with Crippen molar-refractivity contribution < 1.29 is 0 Å². The maximum absolute atomic E-state index is 10.9. The van der Waals surface area contributed by atoms with Crippen LogP contribution >= 0.6 is 0 Å². The molecule has 4 heteroatoms. The highest BCUT2D eigenvalue weighted by Gasteiger charge is 2.00. The first-order chi connectivity index (χ1) is 7.81. The summed E-state index contributed by atoms with van der Waals surface area (Å²) in [5.74, 6) is 0. The molecule has 0 amide bonds. The molecule has 0 aliphatic carbocycles. The fraction of sp³-hybridized carbons (Fsp3) is 0. The third-order valence-corrected chi connectivity index (χ3v) is 2.41. The Morgan fingerprint density at radius 1 is 1.25 bits per heavy atom. The molecule has 1 aliphatic rings. The van der Waals surface area contributed by atoms with Crippen LogP contribution in [0.1, 0.15) is 5.69 Å². The molecule has 0 saturated carbocycles. The highest BCUT2D eigenvalue weighted by atomic mass is 16.1. The van der Waals surface area contributed by atoms with E-state index in [2.05, 4.69) is 15.0 Å². The van der Waals surface area contributed by atoms with Gasteiger partial charge in [0.2, 0.25) is 0 Å². The van der Waals surface area contributed by atoms with Gasteiger partial charge in [-0.25, -0.2) is 9.79 Å². The number of nitrogens with zero attached hydrogens (tertiary/aromatic N) is 1. The number of nitrogens with one attached hydrogen (secondary N) is 2. The van der Waals surface area contributed by atoms with E-state index < -0.39 is 0 Å². The molecule has 1 aromatic carbocycles. The Hall–Kier alpha value is -2.36. The molecule has 4 nitrogen and oxygen atoms in total. The number of imidazole rings is 1. The number of allylic oxidation sites excluding steroid dienone is 1. The van der Waals surface area contributed by atoms with Crippen LogP contribution < -0.4 is 16.3 Å². The molecule has 16 heavy (non-hydrogen) atoms. The molecule has 0 bridgehead atoms. The van der Waals surface area contributed by atoms with Gasteiger partial charge in [-0.2, -0.15) is 0 Å². The number of hydrogen-bond acceptors (Lipinski definition) is 2. The smallest absolute Gasteiger partial charge is 0.312 e. The second-order valence-electron chi connectivity index (χ2n) is 3.58. The summed E-state index contributed by atoms with van der Waals surface area (Å²) in [7, 11) is 0. The number of para-hydroxylation sites is 1. The largest absolute Gasteiger partial charge is 0.323 e. The highest BCUT2D eigenvalue weighted by Crippen LogP contribution is 2.06. The molecule has 0 saturated heterocycles. The first-order valence-corrected chi connectivity index (χ1v) is 4.96. The minimum Gasteiger partial charge on any atom is -0.312 e. The van der Waals surface area contributed by atoms with Gasteiger partial charge in [-0.05, 0) is 18.2 Å². The fourth-order valence-corrected chi connectivity index (χ4v) is 1.70. The number of benzene rings is 1. The van der Waals surface area contributed by atoms with Crippen LogP contribution in [0.2, 0.25) is 0 Å². The van der Waals surface area contributed by atoms with Gasteiger partial charge in [0.1, 0.15) is 0 Å². The van der Waals surface area contributed by atoms with E-state index in [-0.39, 0.29) is 5.69 Å². The monoisotopic (exact) mass is 211 g/mol. The molecule has 2 heterocycles. The molecular formula is C12H9N3O. The van der Waals surface area contributed by atoms with Crippen molar-refractivity contribution >= 4 is 12.2 Å². The summed E-state index contributed by atoms with van der Waals surface area (Å²) in [5, 5.41) is 2.07. The maximum atomic E-state index is 10.9. The van der Waals surface area contributed by atoms with Gasteiger partial charge in [-0.15, -0.1) is 0 Å². The zero-order chi connectivity index (χ0) is 11.0. The molecule has 2 N–H and O–H groups in total. The average molecular weight is 211 g/mol. The van der Waals surface area contributed by atoms with Crippen LogP contribution in [0.4, 0.5) is 0 Å². The van der Waals surface area contributed by atoms with E-state index in [0.717, 1.165) is 22.0 Å². The van der Waals surface area contributed by atoms with Crippen LogP contribution in [-0.2, 0) is 0 Å². The summed E-state index contributed by atoms with van der Waals surface area (Å²) in [6, 6.07) is 7.91. The predicted octanol–water partition coefficient (Wildman–Crippen LogP) is 0.158. The van der Waals surface area contributed by atoms with Gasteiger partial charge in [0, 0.05) is 11.4 Å². The van der Waals surface area contributed by atoms with Crippen molar-refractivity contribution in [1.29, 1.82) is 0 Å². The first-order valence-electron chi connectivity index (χ1n) is 4.96. The number of aromatic nitrogens is 2. The maximum Gasteiger partial charge on any atom is 0.323 e. The Labute approximate surface area is 90.7 Å². The number of H-pyrrole nitrogens is 2. The van der Waals surface area contributed by atoms with Crippen molar-refractivity contribution in [3.63, 3.8) is 0 Å². The third-order valence-electron chi connectivity index (χ3n) is 2.41. The van der Waals surface area contributed by atoms with E-state index in [1.807, 2.05) is 36.4 Å². The van der Waals surface area contributed by atoms with Crippen LogP contribution in [0.3, 0.4) is 0 Å².